The molecule has 2 aromatic carbocycles. The minimum atomic E-state index is -0.191. The van der Waals surface area contributed by atoms with E-state index in [1.165, 1.54) is 6.07 Å². The zero-order valence-electron chi connectivity index (χ0n) is 17.4. The number of rotatable bonds is 5. The van der Waals surface area contributed by atoms with E-state index in [1.807, 2.05) is 60.9 Å². The van der Waals surface area contributed by atoms with Crippen LogP contribution in [0.2, 0.25) is 0 Å². The molecule has 154 valence electrons. The van der Waals surface area contributed by atoms with Gasteiger partial charge in [0, 0.05) is 47.4 Å². The molecule has 0 fully saturated rings. The number of nitrogens with zero attached hydrogens (tertiary/aromatic N) is 4. The maximum Gasteiger partial charge on any atom is 0.147 e. The standard InChI is InChI=1S/C25H22FN5/c1-16-5-7-21(26)25-20(16)12-17(2)31(25)11-10-28-24-14-23(29-15-30-24)19-6-8-22-18(13-19)4-3-9-27-22/h3-9,12-15H,10-11H2,1-2H3,(H,28,29,30). The predicted octanol–water partition coefficient (Wildman–Crippen LogP) is 5.51. The average Bonchev–Trinajstić information content (AvgIpc) is 3.13. The number of aromatic nitrogens is 4. The third-order valence-corrected chi connectivity index (χ3v) is 5.64. The summed E-state index contributed by atoms with van der Waals surface area (Å²) in [4.78, 5) is 13.1. The third-order valence-electron chi connectivity index (χ3n) is 5.64. The predicted molar refractivity (Wildman–Crippen MR) is 123 cm³/mol. The van der Waals surface area contributed by atoms with Crippen LogP contribution >= 0.6 is 0 Å². The number of halogens is 1. The van der Waals surface area contributed by atoms with Gasteiger partial charge < -0.3 is 9.88 Å². The largest absolute Gasteiger partial charge is 0.368 e. The highest BCUT2D eigenvalue weighted by Gasteiger charge is 2.12. The SMILES string of the molecule is Cc1ccc(F)c2c1cc(C)n2CCNc1cc(-c2ccc3ncccc3c2)ncn1. The van der Waals surface area contributed by atoms with Crippen LogP contribution in [0.5, 0.6) is 0 Å². The number of benzene rings is 2. The summed E-state index contributed by atoms with van der Waals surface area (Å²) in [6.07, 6.45) is 3.35. The van der Waals surface area contributed by atoms with E-state index in [0.29, 0.717) is 18.6 Å². The van der Waals surface area contributed by atoms with Crippen molar-refractivity contribution in [2.45, 2.75) is 20.4 Å². The minimum Gasteiger partial charge on any atom is -0.368 e. The lowest BCUT2D eigenvalue weighted by Gasteiger charge is -2.11. The lowest BCUT2D eigenvalue weighted by Crippen LogP contribution is -2.13. The Balaban J connectivity index is 1.36. The fourth-order valence-electron chi connectivity index (χ4n) is 4.03. The molecular formula is C25H22FN5. The van der Waals surface area contributed by atoms with Crippen LogP contribution in [0.4, 0.5) is 10.2 Å². The number of hydrogen-bond donors (Lipinski definition) is 1. The molecule has 0 aliphatic carbocycles. The molecule has 5 rings (SSSR count). The second-order valence-electron chi connectivity index (χ2n) is 7.69. The van der Waals surface area contributed by atoms with Crippen LogP contribution in [0.1, 0.15) is 11.3 Å². The van der Waals surface area contributed by atoms with Crippen molar-refractivity contribution < 1.29 is 4.39 Å². The summed E-state index contributed by atoms with van der Waals surface area (Å²) in [7, 11) is 0. The van der Waals surface area contributed by atoms with E-state index in [-0.39, 0.29) is 5.82 Å². The van der Waals surface area contributed by atoms with Crippen LogP contribution < -0.4 is 5.32 Å². The van der Waals surface area contributed by atoms with Crippen molar-refractivity contribution in [1.29, 1.82) is 0 Å². The van der Waals surface area contributed by atoms with Gasteiger partial charge in [0.25, 0.3) is 0 Å². The van der Waals surface area contributed by atoms with Gasteiger partial charge in [-0.2, -0.15) is 0 Å². The Bertz CT molecular complexity index is 1410. The summed E-state index contributed by atoms with van der Waals surface area (Å²) in [5.41, 5.74) is 5.58. The van der Waals surface area contributed by atoms with Gasteiger partial charge in [0.05, 0.1) is 16.7 Å². The third kappa shape index (κ3) is 3.61. The van der Waals surface area contributed by atoms with Crippen molar-refractivity contribution in [3.8, 4) is 11.3 Å². The van der Waals surface area contributed by atoms with E-state index in [0.717, 1.165) is 44.6 Å². The summed E-state index contributed by atoms with van der Waals surface area (Å²) in [6, 6.07) is 17.4. The lowest BCUT2D eigenvalue weighted by molar-refractivity contribution is 0.621. The van der Waals surface area contributed by atoms with Crippen molar-refractivity contribution in [1.82, 2.24) is 19.5 Å². The number of nitrogens with one attached hydrogen (secondary N) is 1. The Morgan fingerprint density at radius 2 is 1.87 bits per heavy atom. The summed E-state index contributed by atoms with van der Waals surface area (Å²) in [5, 5.41) is 5.38. The van der Waals surface area contributed by atoms with Crippen molar-refractivity contribution in [2.24, 2.45) is 0 Å². The number of fused-ring (bicyclic) bond motifs is 2. The Morgan fingerprint density at radius 3 is 2.77 bits per heavy atom. The molecule has 0 aliphatic rings. The van der Waals surface area contributed by atoms with E-state index in [1.54, 1.807) is 12.5 Å². The van der Waals surface area contributed by atoms with Crippen LogP contribution in [0, 0.1) is 19.7 Å². The van der Waals surface area contributed by atoms with Gasteiger partial charge in [-0.05, 0) is 49.7 Å². The minimum absolute atomic E-state index is 0.191. The molecule has 0 aliphatic heterocycles. The van der Waals surface area contributed by atoms with Crippen molar-refractivity contribution in [3.63, 3.8) is 0 Å². The topological polar surface area (TPSA) is 55.6 Å². The molecule has 0 unspecified atom stereocenters. The highest BCUT2D eigenvalue weighted by molar-refractivity contribution is 5.85. The van der Waals surface area contributed by atoms with Crippen LogP contribution in [0.15, 0.2) is 67.1 Å². The molecule has 0 bridgehead atoms. The number of aryl methyl sites for hydroxylation is 2. The van der Waals surface area contributed by atoms with Gasteiger partial charge in [0.2, 0.25) is 0 Å². The van der Waals surface area contributed by atoms with Crippen LogP contribution in [0.25, 0.3) is 33.1 Å². The molecule has 3 heterocycles. The molecule has 0 amide bonds. The van der Waals surface area contributed by atoms with Gasteiger partial charge in [-0.15, -0.1) is 0 Å². The van der Waals surface area contributed by atoms with E-state index < -0.39 is 0 Å². The van der Waals surface area contributed by atoms with Crippen LogP contribution in [-0.4, -0.2) is 26.1 Å². The average molecular weight is 411 g/mol. The van der Waals surface area contributed by atoms with E-state index in [9.17, 15) is 4.39 Å². The number of anilines is 1. The molecule has 0 saturated carbocycles. The lowest BCUT2D eigenvalue weighted by atomic mass is 10.1. The monoisotopic (exact) mass is 411 g/mol. The summed E-state index contributed by atoms with van der Waals surface area (Å²) < 4.78 is 16.5. The van der Waals surface area contributed by atoms with Gasteiger partial charge in [-0.1, -0.05) is 18.2 Å². The van der Waals surface area contributed by atoms with E-state index >= 15 is 0 Å². The molecule has 0 radical (unpaired) electrons. The van der Waals surface area contributed by atoms with Gasteiger partial charge in [0.15, 0.2) is 0 Å². The molecule has 31 heavy (non-hydrogen) atoms. The van der Waals surface area contributed by atoms with Gasteiger partial charge in [-0.25, -0.2) is 14.4 Å². The normalized spacial score (nSPS) is 11.3. The van der Waals surface area contributed by atoms with Crippen molar-refractivity contribution >= 4 is 27.6 Å². The van der Waals surface area contributed by atoms with Gasteiger partial charge >= 0.3 is 0 Å². The molecule has 0 atom stereocenters. The van der Waals surface area contributed by atoms with Crippen LogP contribution in [0.3, 0.4) is 0 Å². The van der Waals surface area contributed by atoms with Crippen molar-refractivity contribution in [3.05, 3.63) is 84.2 Å². The summed E-state index contributed by atoms with van der Waals surface area (Å²) in [6.45, 7) is 5.28. The second-order valence-corrected chi connectivity index (χ2v) is 7.69. The summed E-state index contributed by atoms with van der Waals surface area (Å²) in [5.74, 6) is 0.547. The fraction of sp³-hybridized carbons (Fsp3) is 0.160. The number of hydrogen-bond acceptors (Lipinski definition) is 4. The van der Waals surface area contributed by atoms with Gasteiger partial charge in [0.1, 0.15) is 18.0 Å². The van der Waals surface area contributed by atoms with E-state index in [2.05, 4.69) is 26.3 Å². The Kier molecular flexibility index (Phi) is 4.82. The first-order valence-corrected chi connectivity index (χ1v) is 10.3. The Morgan fingerprint density at radius 1 is 0.968 bits per heavy atom. The molecular weight excluding hydrogens is 389 g/mol. The molecule has 0 spiro atoms. The first-order chi connectivity index (χ1) is 15.1. The molecule has 5 nitrogen and oxygen atoms in total. The highest BCUT2D eigenvalue weighted by Crippen LogP contribution is 2.26. The first-order valence-electron chi connectivity index (χ1n) is 10.3. The Hall–Kier alpha value is -3.80. The molecule has 5 aromatic rings. The number of pyridine rings is 1. The van der Waals surface area contributed by atoms with Crippen molar-refractivity contribution in [2.75, 3.05) is 11.9 Å². The maximum absolute atomic E-state index is 14.5. The zero-order chi connectivity index (χ0) is 21.4. The van der Waals surface area contributed by atoms with E-state index in [4.69, 9.17) is 0 Å². The first kappa shape index (κ1) is 19.2. The summed E-state index contributed by atoms with van der Waals surface area (Å²) >= 11 is 0. The molecule has 6 heteroatoms. The molecule has 1 N–H and O–H groups in total. The molecule has 0 saturated heterocycles. The second kappa shape index (κ2) is 7.80. The fourth-order valence-corrected chi connectivity index (χ4v) is 4.03. The maximum atomic E-state index is 14.5. The van der Waals surface area contributed by atoms with Crippen LogP contribution in [-0.2, 0) is 6.54 Å². The molecule has 3 aromatic heterocycles. The zero-order valence-corrected chi connectivity index (χ0v) is 17.4. The quantitative estimate of drug-likeness (QED) is 0.414. The highest BCUT2D eigenvalue weighted by atomic mass is 19.1. The van der Waals surface area contributed by atoms with Gasteiger partial charge in [-0.3, -0.25) is 4.98 Å². The Labute approximate surface area is 179 Å². The smallest absolute Gasteiger partial charge is 0.147 e.